The zero-order valence-electron chi connectivity index (χ0n) is 17.1. The van der Waals surface area contributed by atoms with Gasteiger partial charge in [-0.05, 0) is 56.5 Å². The molecule has 0 radical (unpaired) electrons. The van der Waals surface area contributed by atoms with Crippen molar-refractivity contribution in [2.45, 2.75) is 39.2 Å². The number of benzene rings is 1. The van der Waals surface area contributed by atoms with Crippen LogP contribution in [0, 0.1) is 19.7 Å². The molecule has 2 aromatic heterocycles. The molecule has 156 valence electrons. The Bertz CT molecular complexity index is 1110. The SMILES string of the molecule is Cc1cc(-c2ccc(=O)n(C3CCN(C(=O)Cc4ccc(F)cc4)CC3)n2)c(C)o1. The lowest BCUT2D eigenvalue weighted by Gasteiger charge is -2.32. The molecule has 3 aromatic rings. The number of rotatable bonds is 4. The van der Waals surface area contributed by atoms with Gasteiger partial charge in [0.15, 0.2) is 0 Å². The van der Waals surface area contributed by atoms with Crippen LogP contribution >= 0.6 is 0 Å². The molecule has 1 aliphatic heterocycles. The second-order valence-corrected chi connectivity index (χ2v) is 7.74. The van der Waals surface area contributed by atoms with Crippen LogP contribution in [0.2, 0.25) is 0 Å². The summed E-state index contributed by atoms with van der Waals surface area (Å²) in [6.45, 7) is 4.88. The number of carbonyl (C=O) groups excluding carboxylic acids is 1. The predicted octanol–water partition coefficient (Wildman–Crippen LogP) is 3.67. The number of furan rings is 1. The lowest BCUT2D eigenvalue weighted by atomic mass is 10.0. The van der Waals surface area contributed by atoms with Crippen molar-refractivity contribution >= 4 is 5.91 Å². The molecule has 1 aromatic carbocycles. The molecule has 1 saturated heterocycles. The fraction of sp³-hybridized carbons (Fsp3) is 0.348. The van der Waals surface area contributed by atoms with E-state index in [4.69, 9.17) is 4.42 Å². The summed E-state index contributed by atoms with van der Waals surface area (Å²) in [5.74, 6) is 1.27. The largest absolute Gasteiger partial charge is 0.466 e. The molecule has 0 N–H and O–H groups in total. The first-order valence-electron chi connectivity index (χ1n) is 10.1. The van der Waals surface area contributed by atoms with Gasteiger partial charge in [0.1, 0.15) is 17.3 Å². The lowest BCUT2D eigenvalue weighted by Crippen LogP contribution is -2.42. The molecule has 0 atom stereocenters. The van der Waals surface area contributed by atoms with Crippen molar-refractivity contribution in [1.82, 2.24) is 14.7 Å². The topological polar surface area (TPSA) is 68.3 Å². The molecular weight excluding hydrogens is 385 g/mol. The summed E-state index contributed by atoms with van der Waals surface area (Å²) in [5.41, 5.74) is 2.24. The van der Waals surface area contributed by atoms with Crippen molar-refractivity contribution < 1.29 is 13.6 Å². The molecule has 1 amide bonds. The number of amides is 1. The lowest BCUT2D eigenvalue weighted by molar-refractivity contribution is -0.131. The highest BCUT2D eigenvalue weighted by Gasteiger charge is 2.25. The first-order valence-corrected chi connectivity index (χ1v) is 10.1. The minimum atomic E-state index is -0.312. The summed E-state index contributed by atoms with van der Waals surface area (Å²) in [7, 11) is 0. The first-order chi connectivity index (χ1) is 14.4. The summed E-state index contributed by atoms with van der Waals surface area (Å²) in [6.07, 6.45) is 1.57. The number of aromatic nitrogens is 2. The molecule has 7 heteroatoms. The summed E-state index contributed by atoms with van der Waals surface area (Å²) >= 11 is 0. The van der Waals surface area contributed by atoms with Gasteiger partial charge < -0.3 is 9.32 Å². The molecule has 0 bridgehead atoms. The van der Waals surface area contributed by atoms with Crippen LogP contribution in [0.5, 0.6) is 0 Å². The minimum Gasteiger partial charge on any atom is -0.466 e. The molecule has 0 aliphatic carbocycles. The molecule has 0 saturated carbocycles. The zero-order valence-corrected chi connectivity index (χ0v) is 17.1. The van der Waals surface area contributed by atoms with E-state index in [9.17, 15) is 14.0 Å². The molecular formula is C23H24FN3O3. The second kappa shape index (κ2) is 8.26. The van der Waals surface area contributed by atoms with E-state index in [2.05, 4.69) is 5.10 Å². The van der Waals surface area contributed by atoms with Gasteiger partial charge in [-0.3, -0.25) is 9.59 Å². The molecule has 0 spiro atoms. The third kappa shape index (κ3) is 4.20. The first kappa shape index (κ1) is 20.1. The van der Waals surface area contributed by atoms with Gasteiger partial charge in [0, 0.05) is 24.7 Å². The third-order valence-corrected chi connectivity index (χ3v) is 5.57. The van der Waals surface area contributed by atoms with Crippen molar-refractivity contribution in [1.29, 1.82) is 0 Å². The zero-order chi connectivity index (χ0) is 21.3. The average Bonchev–Trinajstić information content (AvgIpc) is 3.08. The smallest absolute Gasteiger partial charge is 0.267 e. The maximum atomic E-state index is 13.0. The summed E-state index contributed by atoms with van der Waals surface area (Å²) in [4.78, 5) is 26.8. The van der Waals surface area contributed by atoms with Gasteiger partial charge in [-0.25, -0.2) is 9.07 Å². The Labute approximate surface area is 173 Å². The molecule has 30 heavy (non-hydrogen) atoms. The number of carbonyl (C=O) groups is 1. The number of hydrogen-bond acceptors (Lipinski definition) is 4. The van der Waals surface area contributed by atoms with Gasteiger partial charge in [-0.15, -0.1) is 0 Å². The Morgan fingerprint density at radius 1 is 1.13 bits per heavy atom. The van der Waals surface area contributed by atoms with E-state index in [1.54, 1.807) is 27.8 Å². The normalized spacial score (nSPS) is 14.8. The monoisotopic (exact) mass is 409 g/mol. The Hall–Kier alpha value is -3.22. The molecule has 3 heterocycles. The van der Waals surface area contributed by atoms with Crippen molar-refractivity contribution in [3.8, 4) is 11.3 Å². The fourth-order valence-electron chi connectivity index (χ4n) is 3.96. The number of hydrogen-bond donors (Lipinski definition) is 0. The number of likely N-dealkylation sites (tertiary alicyclic amines) is 1. The highest BCUT2D eigenvalue weighted by molar-refractivity contribution is 5.78. The van der Waals surface area contributed by atoms with E-state index in [-0.39, 0.29) is 29.7 Å². The van der Waals surface area contributed by atoms with Gasteiger partial charge in [0.25, 0.3) is 5.56 Å². The van der Waals surface area contributed by atoms with Gasteiger partial charge in [-0.1, -0.05) is 12.1 Å². The van der Waals surface area contributed by atoms with Gasteiger partial charge in [-0.2, -0.15) is 5.10 Å². The van der Waals surface area contributed by atoms with E-state index in [0.717, 1.165) is 22.6 Å². The van der Waals surface area contributed by atoms with Crippen molar-refractivity contribution in [3.63, 3.8) is 0 Å². The highest BCUT2D eigenvalue weighted by Crippen LogP contribution is 2.26. The molecule has 0 unspecified atom stereocenters. The predicted molar refractivity (Wildman–Crippen MR) is 111 cm³/mol. The summed E-state index contributed by atoms with van der Waals surface area (Å²) in [5, 5.41) is 4.59. The van der Waals surface area contributed by atoms with E-state index in [1.165, 1.54) is 18.2 Å². The summed E-state index contributed by atoms with van der Waals surface area (Å²) < 4.78 is 20.2. The van der Waals surface area contributed by atoms with E-state index in [1.807, 2.05) is 19.9 Å². The van der Waals surface area contributed by atoms with Crippen LogP contribution in [0.3, 0.4) is 0 Å². The van der Waals surface area contributed by atoms with Gasteiger partial charge in [0.05, 0.1) is 18.2 Å². The molecule has 1 fully saturated rings. The Morgan fingerprint density at radius 2 is 1.83 bits per heavy atom. The van der Waals surface area contributed by atoms with Crippen molar-refractivity contribution in [2.75, 3.05) is 13.1 Å². The van der Waals surface area contributed by atoms with Crippen molar-refractivity contribution in [3.05, 3.63) is 75.7 Å². The van der Waals surface area contributed by atoms with Crippen LogP contribution in [-0.4, -0.2) is 33.7 Å². The minimum absolute atomic E-state index is 0.0126. The summed E-state index contributed by atoms with van der Waals surface area (Å²) in [6, 6.07) is 11.1. The fourth-order valence-corrected chi connectivity index (χ4v) is 3.96. The quantitative estimate of drug-likeness (QED) is 0.659. The van der Waals surface area contributed by atoms with Crippen LogP contribution in [0.4, 0.5) is 4.39 Å². The van der Waals surface area contributed by atoms with E-state index in [0.29, 0.717) is 31.6 Å². The maximum Gasteiger partial charge on any atom is 0.267 e. The third-order valence-electron chi connectivity index (χ3n) is 5.57. The van der Waals surface area contributed by atoms with Crippen LogP contribution in [0.25, 0.3) is 11.3 Å². The second-order valence-electron chi connectivity index (χ2n) is 7.74. The highest BCUT2D eigenvalue weighted by atomic mass is 19.1. The molecule has 1 aliphatic rings. The standard InChI is InChI=1S/C23H24FN3O3/c1-15-13-20(16(2)30-15)21-7-8-22(28)27(25-21)19-9-11-26(12-10-19)23(29)14-17-3-5-18(24)6-4-17/h3-8,13,19H,9-12,14H2,1-2H3. The van der Waals surface area contributed by atoms with Gasteiger partial charge >= 0.3 is 0 Å². The van der Waals surface area contributed by atoms with Crippen molar-refractivity contribution in [2.24, 2.45) is 0 Å². The van der Waals surface area contributed by atoms with E-state index < -0.39 is 0 Å². The van der Waals surface area contributed by atoms with E-state index >= 15 is 0 Å². The number of halogens is 1. The molecule has 6 nitrogen and oxygen atoms in total. The van der Waals surface area contributed by atoms with Crippen LogP contribution in [0.15, 0.2) is 51.7 Å². The number of piperidine rings is 1. The maximum absolute atomic E-state index is 13.0. The van der Waals surface area contributed by atoms with Gasteiger partial charge in [0.2, 0.25) is 5.91 Å². The molecule has 4 rings (SSSR count). The Morgan fingerprint density at radius 3 is 2.47 bits per heavy atom. The Balaban J connectivity index is 1.44. The van der Waals surface area contributed by atoms with Crippen LogP contribution in [-0.2, 0) is 11.2 Å². The number of aryl methyl sites for hydroxylation is 2. The Kier molecular flexibility index (Phi) is 5.53. The van der Waals surface area contributed by atoms with Crippen LogP contribution in [0.1, 0.15) is 36.0 Å². The average molecular weight is 409 g/mol. The van der Waals surface area contributed by atoms with Crippen LogP contribution < -0.4 is 5.56 Å². The number of nitrogens with zero attached hydrogens (tertiary/aromatic N) is 3.